The normalized spacial score (nSPS) is 11.4. The molecule has 1 rings (SSSR count). The quantitative estimate of drug-likeness (QED) is 0.809. The molecule has 0 bridgehead atoms. The van der Waals surface area contributed by atoms with E-state index in [4.69, 9.17) is 4.74 Å². The maximum absolute atomic E-state index is 5.08. The second-order valence-electron chi connectivity index (χ2n) is 3.26. The van der Waals surface area contributed by atoms with Crippen LogP contribution in [0, 0.1) is 13.8 Å². The van der Waals surface area contributed by atoms with Gasteiger partial charge in [0.25, 0.3) is 0 Å². The van der Waals surface area contributed by atoms with Gasteiger partial charge in [-0.15, -0.1) is 0 Å². The first kappa shape index (κ1) is 11.5. The Balaban J connectivity index is 2.92. The fraction of sp³-hybridized carbons (Fsp3) is 0.455. The highest BCUT2D eigenvalue weighted by atomic mass is 79.9. The number of nitrogens with zero attached hydrogens (tertiary/aromatic N) is 1. The highest BCUT2D eigenvalue weighted by molar-refractivity contribution is 9.11. The molecule has 0 radical (unpaired) electrons. The molecule has 0 N–H and O–H groups in total. The Kier molecular flexibility index (Phi) is 4.42. The molecule has 0 aromatic carbocycles. The zero-order valence-corrected chi connectivity index (χ0v) is 10.5. The molecule has 0 atom stereocenters. The summed E-state index contributed by atoms with van der Waals surface area (Å²) in [4.78, 5) is 1.88. The number of hydrogen-bond donors (Lipinski definition) is 0. The molecule has 1 aromatic heterocycles. The number of halogens is 1. The molecule has 3 heteroatoms. The van der Waals surface area contributed by atoms with Gasteiger partial charge in [0.1, 0.15) is 0 Å². The molecular formula is C11H16BrNO. The summed E-state index contributed by atoms with van der Waals surface area (Å²) in [6, 6.07) is 2.18. The van der Waals surface area contributed by atoms with E-state index in [0.29, 0.717) is 0 Å². The van der Waals surface area contributed by atoms with Crippen molar-refractivity contribution < 1.29 is 4.74 Å². The molecular weight excluding hydrogens is 242 g/mol. The van der Waals surface area contributed by atoms with E-state index < -0.39 is 0 Å². The predicted molar refractivity (Wildman–Crippen MR) is 63.7 cm³/mol. The summed E-state index contributed by atoms with van der Waals surface area (Å²) in [5, 5.41) is 0. The standard InChI is InChI=1S/C11H16BrNO/c1-9-8-11(4-5-12)10(2)13(9)6-7-14-3/h4-5,8H,6-7H2,1-3H3/b5-4+. The summed E-state index contributed by atoms with van der Waals surface area (Å²) in [6.45, 7) is 5.93. The van der Waals surface area contributed by atoms with Crippen molar-refractivity contribution in [3.8, 4) is 0 Å². The third kappa shape index (κ3) is 2.49. The van der Waals surface area contributed by atoms with Crippen molar-refractivity contribution in [1.82, 2.24) is 4.57 Å². The summed E-state index contributed by atoms with van der Waals surface area (Å²) in [7, 11) is 1.73. The van der Waals surface area contributed by atoms with Crippen molar-refractivity contribution in [2.24, 2.45) is 0 Å². The smallest absolute Gasteiger partial charge is 0.0641 e. The minimum Gasteiger partial charge on any atom is -0.383 e. The summed E-state index contributed by atoms with van der Waals surface area (Å²) >= 11 is 3.29. The van der Waals surface area contributed by atoms with Crippen molar-refractivity contribution in [3.05, 3.63) is 28.0 Å². The molecule has 0 spiro atoms. The Morgan fingerprint density at radius 1 is 1.50 bits per heavy atom. The van der Waals surface area contributed by atoms with Gasteiger partial charge in [0.05, 0.1) is 6.61 Å². The van der Waals surface area contributed by atoms with Gasteiger partial charge in [-0.1, -0.05) is 15.9 Å². The van der Waals surface area contributed by atoms with Crippen LogP contribution in [0.3, 0.4) is 0 Å². The van der Waals surface area contributed by atoms with Gasteiger partial charge in [-0.3, -0.25) is 0 Å². The van der Waals surface area contributed by atoms with E-state index in [0.717, 1.165) is 13.2 Å². The summed E-state index contributed by atoms with van der Waals surface area (Å²) in [6.07, 6.45) is 2.06. The lowest BCUT2D eigenvalue weighted by molar-refractivity contribution is 0.186. The number of rotatable bonds is 4. The van der Waals surface area contributed by atoms with Gasteiger partial charge in [0.15, 0.2) is 0 Å². The fourth-order valence-corrected chi connectivity index (χ4v) is 1.88. The van der Waals surface area contributed by atoms with Crippen LogP contribution < -0.4 is 0 Å². The van der Waals surface area contributed by atoms with Crippen molar-refractivity contribution in [3.63, 3.8) is 0 Å². The van der Waals surface area contributed by atoms with Crippen molar-refractivity contribution in [2.75, 3.05) is 13.7 Å². The predicted octanol–water partition coefficient (Wildman–Crippen LogP) is 3.12. The van der Waals surface area contributed by atoms with Crippen LogP contribution in [0.5, 0.6) is 0 Å². The average molecular weight is 258 g/mol. The first-order valence-corrected chi connectivity index (χ1v) is 5.54. The van der Waals surface area contributed by atoms with E-state index in [1.54, 1.807) is 7.11 Å². The van der Waals surface area contributed by atoms with E-state index in [1.165, 1.54) is 17.0 Å². The molecule has 1 heterocycles. The Hall–Kier alpha value is -0.540. The SMILES string of the molecule is COCCn1c(C)cc(/C=C/Br)c1C. The zero-order chi connectivity index (χ0) is 10.6. The molecule has 0 saturated heterocycles. The van der Waals surface area contributed by atoms with E-state index >= 15 is 0 Å². The third-order valence-corrected chi connectivity index (χ3v) is 2.64. The molecule has 0 aliphatic rings. The molecule has 2 nitrogen and oxygen atoms in total. The number of aryl methyl sites for hydroxylation is 1. The molecule has 0 amide bonds. The molecule has 0 fully saturated rings. The van der Waals surface area contributed by atoms with Crippen LogP contribution in [-0.4, -0.2) is 18.3 Å². The summed E-state index contributed by atoms with van der Waals surface area (Å²) in [5.41, 5.74) is 3.82. The van der Waals surface area contributed by atoms with Crippen LogP contribution >= 0.6 is 15.9 Å². The number of ether oxygens (including phenoxy) is 1. The van der Waals surface area contributed by atoms with Gasteiger partial charge >= 0.3 is 0 Å². The van der Waals surface area contributed by atoms with Crippen molar-refractivity contribution in [2.45, 2.75) is 20.4 Å². The third-order valence-electron chi connectivity index (χ3n) is 2.37. The van der Waals surface area contributed by atoms with Gasteiger partial charge < -0.3 is 9.30 Å². The molecule has 0 aliphatic heterocycles. The number of hydrogen-bond acceptors (Lipinski definition) is 1. The van der Waals surface area contributed by atoms with Crippen LogP contribution in [0.15, 0.2) is 11.1 Å². The van der Waals surface area contributed by atoms with Crippen LogP contribution in [0.25, 0.3) is 6.08 Å². The van der Waals surface area contributed by atoms with E-state index in [2.05, 4.69) is 46.5 Å². The van der Waals surface area contributed by atoms with E-state index in [1.807, 2.05) is 4.99 Å². The molecule has 0 unspecified atom stereocenters. The van der Waals surface area contributed by atoms with Crippen LogP contribution in [-0.2, 0) is 11.3 Å². The van der Waals surface area contributed by atoms with Gasteiger partial charge in [-0.2, -0.15) is 0 Å². The maximum Gasteiger partial charge on any atom is 0.0641 e. The van der Waals surface area contributed by atoms with E-state index in [-0.39, 0.29) is 0 Å². The van der Waals surface area contributed by atoms with Crippen molar-refractivity contribution >= 4 is 22.0 Å². The van der Waals surface area contributed by atoms with Crippen LogP contribution in [0.1, 0.15) is 17.0 Å². The highest BCUT2D eigenvalue weighted by Crippen LogP contribution is 2.16. The maximum atomic E-state index is 5.08. The van der Waals surface area contributed by atoms with Gasteiger partial charge in [0, 0.05) is 25.0 Å². The topological polar surface area (TPSA) is 14.2 Å². The van der Waals surface area contributed by atoms with Crippen LogP contribution in [0.2, 0.25) is 0 Å². The summed E-state index contributed by atoms with van der Waals surface area (Å²) < 4.78 is 7.35. The molecule has 14 heavy (non-hydrogen) atoms. The molecule has 0 saturated carbocycles. The van der Waals surface area contributed by atoms with Crippen LogP contribution in [0.4, 0.5) is 0 Å². The summed E-state index contributed by atoms with van der Waals surface area (Å²) in [5.74, 6) is 0. The second kappa shape index (κ2) is 5.37. The minimum atomic E-state index is 0.758. The first-order valence-electron chi connectivity index (χ1n) is 4.63. The Bertz CT molecular complexity index is 328. The average Bonchev–Trinajstić information content (AvgIpc) is 2.41. The molecule has 1 aromatic rings. The molecule has 78 valence electrons. The van der Waals surface area contributed by atoms with Gasteiger partial charge in [-0.05, 0) is 36.5 Å². The number of methoxy groups -OCH3 is 1. The largest absolute Gasteiger partial charge is 0.383 e. The monoisotopic (exact) mass is 257 g/mol. The van der Waals surface area contributed by atoms with Gasteiger partial charge in [0.2, 0.25) is 0 Å². The van der Waals surface area contributed by atoms with Gasteiger partial charge in [-0.25, -0.2) is 0 Å². The highest BCUT2D eigenvalue weighted by Gasteiger charge is 2.05. The van der Waals surface area contributed by atoms with E-state index in [9.17, 15) is 0 Å². The Morgan fingerprint density at radius 3 is 2.79 bits per heavy atom. The first-order chi connectivity index (χ1) is 6.70. The molecule has 0 aliphatic carbocycles. The van der Waals surface area contributed by atoms with Crippen molar-refractivity contribution in [1.29, 1.82) is 0 Å². The lowest BCUT2D eigenvalue weighted by Gasteiger charge is -2.08. The Morgan fingerprint density at radius 2 is 2.21 bits per heavy atom. The zero-order valence-electron chi connectivity index (χ0n) is 8.88. The lowest BCUT2D eigenvalue weighted by Crippen LogP contribution is -2.07. The second-order valence-corrected chi connectivity index (χ2v) is 3.79. The fourth-order valence-electron chi connectivity index (χ4n) is 1.59. The Labute approximate surface area is 93.7 Å². The lowest BCUT2D eigenvalue weighted by atomic mass is 10.2. The minimum absolute atomic E-state index is 0.758. The number of aromatic nitrogens is 1.